The SMILES string of the molecule is CCc1ccc(-c2cc(-c3cc(C(C)(C)C)cc(-c4ccccc4C(C)C)c3O)no2)cc1. The lowest BCUT2D eigenvalue weighted by molar-refractivity contribution is 0.433. The Bertz CT molecular complexity index is 1260. The maximum atomic E-state index is 11.5. The van der Waals surface area contributed by atoms with E-state index in [1.54, 1.807) is 0 Å². The second-order valence-corrected chi connectivity index (χ2v) is 10.0. The van der Waals surface area contributed by atoms with E-state index < -0.39 is 0 Å². The molecule has 0 atom stereocenters. The third kappa shape index (κ3) is 4.59. The fourth-order valence-corrected chi connectivity index (χ4v) is 4.16. The largest absolute Gasteiger partial charge is 0.507 e. The van der Waals surface area contributed by atoms with Crippen molar-refractivity contribution in [1.82, 2.24) is 5.16 Å². The fourth-order valence-electron chi connectivity index (χ4n) is 4.16. The summed E-state index contributed by atoms with van der Waals surface area (Å²) in [5.74, 6) is 1.27. The molecule has 33 heavy (non-hydrogen) atoms. The van der Waals surface area contributed by atoms with Crippen LogP contribution in [0.4, 0.5) is 0 Å². The van der Waals surface area contributed by atoms with E-state index in [0.29, 0.717) is 22.9 Å². The maximum Gasteiger partial charge on any atom is 0.167 e. The standard InChI is InChI=1S/C30H33NO2/c1-7-20-12-14-21(15-13-20)28-18-27(31-33-28)26-17-22(30(4,5)6)16-25(29(26)32)24-11-9-8-10-23(24)19(2)3/h8-19,32H,7H2,1-6H3. The summed E-state index contributed by atoms with van der Waals surface area (Å²) < 4.78 is 5.71. The quantitative estimate of drug-likeness (QED) is 0.340. The molecule has 1 aromatic heterocycles. The van der Waals surface area contributed by atoms with E-state index in [0.717, 1.165) is 28.7 Å². The molecule has 0 fully saturated rings. The van der Waals surface area contributed by atoms with Gasteiger partial charge in [-0.3, -0.25) is 0 Å². The van der Waals surface area contributed by atoms with Crippen molar-refractivity contribution in [2.45, 2.75) is 59.3 Å². The van der Waals surface area contributed by atoms with Crippen LogP contribution in [-0.4, -0.2) is 10.3 Å². The van der Waals surface area contributed by atoms with E-state index >= 15 is 0 Å². The predicted molar refractivity (Wildman–Crippen MR) is 137 cm³/mol. The molecule has 3 heteroatoms. The van der Waals surface area contributed by atoms with Crippen molar-refractivity contribution in [3.8, 4) is 39.5 Å². The van der Waals surface area contributed by atoms with Gasteiger partial charge in [-0.25, -0.2) is 0 Å². The Balaban J connectivity index is 1.88. The second-order valence-electron chi connectivity index (χ2n) is 10.0. The van der Waals surface area contributed by atoms with E-state index in [9.17, 15) is 5.11 Å². The lowest BCUT2D eigenvalue weighted by atomic mass is 9.82. The Morgan fingerprint density at radius 2 is 1.55 bits per heavy atom. The first-order valence-corrected chi connectivity index (χ1v) is 11.7. The van der Waals surface area contributed by atoms with Crippen molar-refractivity contribution in [3.63, 3.8) is 0 Å². The molecule has 3 nitrogen and oxygen atoms in total. The predicted octanol–water partition coefficient (Wildman–Crippen LogP) is 8.36. The van der Waals surface area contributed by atoms with E-state index in [-0.39, 0.29) is 11.2 Å². The van der Waals surface area contributed by atoms with E-state index in [1.165, 1.54) is 11.1 Å². The third-order valence-corrected chi connectivity index (χ3v) is 6.28. The van der Waals surface area contributed by atoms with E-state index in [2.05, 4.69) is 95.2 Å². The van der Waals surface area contributed by atoms with Crippen molar-refractivity contribution in [3.05, 3.63) is 83.4 Å². The Hall–Kier alpha value is -3.33. The van der Waals surface area contributed by atoms with Crippen LogP contribution in [0.2, 0.25) is 0 Å². The molecule has 1 N–H and O–H groups in total. The van der Waals surface area contributed by atoms with Gasteiger partial charge in [0.25, 0.3) is 0 Å². The highest BCUT2D eigenvalue weighted by molar-refractivity contribution is 5.84. The van der Waals surface area contributed by atoms with Crippen LogP contribution in [0.5, 0.6) is 5.75 Å². The van der Waals surface area contributed by atoms with Crippen molar-refractivity contribution in [1.29, 1.82) is 0 Å². The topological polar surface area (TPSA) is 46.3 Å². The molecule has 170 valence electrons. The average Bonchev–Trinajstić information content (AvgIpc) is 3.28. The number of aryl methyl sites for hydroxylation is 1. The number of aromatic nitrogens is 1. The molecule has 0 saturated heterocycles. The lowest BCUT2D eigenvalue weighted by Gasteiger charge is -2.23. The maximum absolute atomic E-state index is 11.5. The van der Waals surface area contributed by atoms with Gasteiger partial charge in [-0.2, -0.15) is 0 Å². The summed E-state index contributed by atoms with van der Waals surface area (Å²) in [6, 6.07) is 22.7. The van der Waals surface area contributed by atoms with Gasteiger partial charge in [-0.05, 0) is 52.1 Å². The van der Waals surface area contributed by atoms with Gasteiger partial charge in [0.15, 0.2) is 5.76 Å². The number of phenols is 1. The Morgan fingerprint density at radius 3 is 2.18 bits per heavy atom. The first-order valence-electron chi connectivity index (χ1n) is 11.7. The van der Waals surface area contributed by atoms with Crippen LogP contribution in [0.3, 0.4) is 0 Å². The minimum atomic E-state index is -0.0908. The summed E-state index contributed by atoms with van der Waals surface area (Å²) in [5, 5.41) is 15.8. The van der Waals surface area contributed by atoms with Gasteiger partial charge in [0.1, 0.15) is 11.4 Å². The van der Waals surface area contributed by atoms with E-state index in [4.69, 9.17) is 4.52 Å². The molecule has 0 unspecified atom stereocenters. The molecule has 0 bridgehead atoms. The molecule has 4 rings (SSSR count). The number of aromatic hydroxyl groups is 1. The minimum absolute atomic E-state index is 0.0908. The third-order valence-electron chi connectivity index (χ3n) is 6.28. The van der Waals surface area contributed by atoms with Crippen molar-refractivity contribution in [2.24, 2.45) is 0 Å². The van der Waals surface area contributed by atoms with E-state index in [1.807, 2.05) is 18.2 Å². The van der Waals surface area contributed by atoms with Gasteiger partial charge in [0.05, 0.1) is 0 Å². The van der Waals surface area contributed by atoms with Crippen LogP contribution in [0.15, 0.2) is 71.3 Å². The zero-order valence-electron chi connectivity index (χ0n) is 20.4. The van der Waals surface area contributed by atoms with Crippen LogP contribution in [0, 0.1) is 0 Å². The van der Waals surface area contributed by atoms with Crippen LogP contribution >= 0.6 is 0 Å². The normalized spacial score (nSPS) is 11.8. The van der Waals surface area contributed by atoms with Crippen molar-refractivity contribution >= 4 is 0 Å². The van der Waals surface area contributed by atoms with Crippen LogP contribution in [0.25, 0.3) is 33.7 Å². The Kier molecular flexibility index (Phi) is 6.16. The van der Waals surface area contributed by atoms with Crippen LogP contribution in [-0.2, 0) is 11.8 Å². The molecule has 0 saturated carbocycles. The summed E-state index contributed by atoms with van der Waals surface area (Å²) in [4.78, 5) is 0. The zero-order valence-corrected chi connectivity index (χ0v) is 20.4. The van der Waals surface area contributed by atoms with Crippen molar-refractivity contribution < 1.29 is 9.63 Å². The first-order chi connectivity index (χ1) is 15.7. The van der Waals surface area contributed by atoms with Crippen LogP contribution in [0.1, 0.15) is 64.2 Å². The van der Waals surface area contributed by atoms with Crippen LogP contribution < -0.4 is 0 Å². The zero-order chi connectivity index (χ0) is 23.8. The Morgan fingerprint density at radius 1 is 0.879 bits per heavy atom. The molecule has 0 aliphatic carbocycles. The smallest absolute Gasteiger partial charge is 0.167 e. The summed E-state index contributed by atoms with van der Waals surface area (Å²) >= 11 is 0. The summed E-state index contributed by atoms with van der Waals surface area (Å²) in [6.45, 7) is 13.1. The van der Waals surface area contributed by atoms with Gasteiger partial charge in [0, 0.05) is 22.8 Å². The van der Waals surface area contributed by atoms with Gasteiger partial charge in [-0.1, -0.05) is 95.2 Å². The summed E-state index contributed by atoms with van der Waals surface area (Å²) in [5.41, 5.74) is 7.72. The van der Waals surface area contributed by atoms with Gasteiger partial charge >= 0.3 is 0 Å². The first kappa shape index (κ1) is 22.8. The molecule has 0 amide bonds. The molecule has 4 aromatic rings. The van der Waals surface area contributed by atoms with Gasteiger partial charge in [0.2, 0.25) is 0 Å². The monoisotopic (exact) mass is 439 g/mol. The molecule has 1 heterocycles. The highest BCUT2D eigenvalue weighted by Crippen LogP contribution is 2.44. The number of rotatable bonds is 5. The summed E-state index contributed by atoms with van der Waals surface area (Å²) in [6.07, 6.45) is 0.996. The van der Waals surface area contributed by atoms with Gasteiger partial charge in [-0.15, -0.1) is 0 Å². The number of hydrogen-bond acceptors (Lipinski definition) is 3. The number of nitrogens with zero attached hydrogens (tertiary/aromatic N) is 1. The fraction of sp³-hybridized carbons (Fsp3) is 0.300. The molecule has 0 spiro atoms. The molecule has 0 aliphatic heterocycles. The highest BCUT2D eigenvalue weighted by atomic mass is 16.5. The molecular weight excluding hydrogens is 406 g/mol. The Labute approximate surface area is 197 Å². The van der Waals surface area contributed by atoms with Crippen molar-refractivity contribution in [2.75, 3.05) is 0 Å². The molecule has 0 aliphatic rings. The number of benzene rings is 3. The average molecular weight is 440 g/mol. The number of phenolic OH excluding ortho intramolecular Hbond substituents is 1. The highest BCUT2D eigenvalue weighted by Gasteiger charge is 2.23. The molecular formula is C30H33NO2. The van der Waals surface area contributed by atoms with Gasteiger partial charge < -0.3 is 9.63 Å². The lowest BCUT2D eigenvalue weighted by Crippen LogP contribution is -2.11. The molecule has 0 radical (unpaired) electrons. The molecule has 3 aromatic carbocycles. The summed E-state index contributed by atoms with van der Waals surface area (Å²) in [7, 11) is 0. The second kappa shape index (κ2) is 8.90. The minimum Gasteiger partial charge on any atom is -0.507 e. The number of hydrogen-bond donors (Lipinski definition) is 1.